The molecule has 0 aliphatic carbocycles. The topological polar surface area (TPSA) is 71.5 Å². The lowest BCUT2D eigenvalue weighted by atomic mass is 9.94. The van der Waals surface area contributed by atoms with E-state index in [1.807, 2.05) is 0 Å². The highest BCUT2D eigenvalue weighted by Crippen LogP contribution is 2.38. The molecule has 1 aromatic heterocycles. The van der Waals surface area contributed by atoms with Crippen LogP contribution in [0.1, 0.15) is 47.0 Å². The Labute approximate surface area is 144 Å². The molecule has 2 aliphatic heterocycles. The zero-order chi connectivity index (χ0) is 17.6. The minimum absolute atomic E-state index is 0.126. The summed E-state index contributed by atoms with van der Waals surface area (Å²) in [5.41, 5.74) is -0.480. The van der Waals surface area contributed by atoms with Crippen LogP contribution in [0.4, 0.5) is 5.82 Å². The molecule has 2 saturated heterocycles. The summed E-state index contributed by atoms with van der Waals surface area (Å²) in [4.78, 5) is 4.58. The number of hydrogen-bond acceptors (Lipinski definition) is 5. The number of rotatable bonds is 4. The average molecular weight is 353 g/mol. The highest BCUT2D eigenvalue weighted by atomic mass is 32.2. The molecule has 7 heteroatoms. The molecule has 0 saturated carbocycles. The molecule has 2 fully saturated rings. The number of aromatic nitrogens is 1. The van der Waals surface area contributed by atoms with E-state index < -0.39 is 10.0 Å². The minimum atomic E-state index is -3.41. The Morgan fingerprint density at radius 1 is 1.21 bits per heavy atom. The van der Waals surface area contributed by atoms with Gasteiger partial charge in [0, 0.05) is 19.3 Å². The number of nitrogens with zero attached hydrogens (tertiary/aromatic N) is 2. The van der Waals surface area contributed by atoms with Gasteiger partial charge in [0.1, 0.15) is 10.7 Å². The molecule has 1 aromatic rings. The summed E-state index contributed by atoms with van der Waals surface area (Å²) < 4.78 is 32.7. The van der Waals surface area contributed by atoms with Gasteiger partial charge in [0.05, 0.1) is 17.2 Å². The van der Waals surface area contributed by atoms with Gasteiger partial charge < -0.3 is 10.1 Å². The Kier molecular flexibility index (Phi) is 4.38. The molecule has 134 valence electrons. The number of pyridine rings is 1. The first-order valence-corrected chi connectivity index (χ1v) is 9.97. The summed E-state index contributed by atoms with van der Waals surface area (Å²) in [7, 11) is -3.41. The van der Waals surface area contributed by atoms with Crippen molar-refractivity contribution in [1.82, 2.24) is 9.29 Å². The molecule has 1 atom stereocenters. The maximum absolute atomic E-state index is 12.5. The van der Waals surface area contributed by atoms with E-state index in [1.165, 1.54) is 10.5 Å². The summed E-state index contributed by atoms with van der Waals surface area (Å²) in [5.74, 6) is 0.676. The van der Waals surface area contributed by atoms with Crippen molar-refractivity contribution >= 4 is 15.8 Å². The van der Waals surface area contributed by atoms with Gasteiger partial charge in [-0.05, 0) is 59.1 Å². The van der Waals surface area contributed by atoms with Crippen molar-refractivity contribution in [3.05, 3.63) is 18.3 Å². The van der Waals surface area contributed by atoms with Crippen molar-refractivity contribution < 1.29 is 13.2 Å². The van der Waals surface area contributed by atoms with E-state index in [4.69, 9.17) is 4.74 Å². The lowest BCUT2D eigenvalue weighted by Gasteiger charge is -2.28. The van der Waals surface area contributed by atoms with E-state index in [9.17, 15) is 8.42 Å². The van der Waals surface area contributed by atoms with Gasteiger partial charge in [-0.3, -0.25) is 0 Å². The van der Waals surface area contributed by atoms with Gasteiger partial charge in [-0.15, -0.1) is 0 Å². The Hall–Kier alpha value is -1.18. The lowest BCUT2D eigenvalue weighted by molar-refractivity contribution is -0.0662. The van der Waals surface area contributed by atoms with Gasteiger partial charge in [0.2, 0.25) is 10.0 Å². The van der Waals surface area contributed by atoms with Crippen LogP contribution in [0.15, 0.2) is 23.2 Å². The first-order valence-electron chi connectivity index (χ1n) is 8.53. The molecule has 0 spiro atoms. The van der Waals surface area contributed by atoms with Crippen LogP contribution < -0.4 is 5.32 Å². The van der Waals surface area contributed by atoms with E-state index in [0.717, 1.165) is 19.3 Å². The summed E-state index contributed by atoms with van der Waals surface area (Å²) in [6.07, 6.45) is 4.18. The van der Waals surface area contributed by atoms with Gasteiger partial charge >= 0.3 is 0 Å². The second-order valence-electron chi connectivity index (χ2n) is 7.86. The predicted octanol–water partition coefficient (Wildman–Crippen LogP) is 2.62. The van der Waals surface area contributed by atoms with E-state index >= 15 is 0 Å². The second-order valence-corrected chi connectivity index (χ2v) is 9.79. The minimum Gasteiger partial charge on any atom is -0.367 e. The molecule has 1 unspecified atom stereocenters. The third-order valence-electron chi connectivity index (χ3n) is 4.84. The molecule has 0 radical (unpaired) electrons. The van der Waals surface area contributed by atoms with E-state index in [0.29, 0.717) is 18.9 Å². The van der Waals surface area contributed by atoms with Crippen molar-refractivity contribution in [2.75, 3.05) is 18.4 Å². The molecule has 0 bridgehead atoms. The molecular formula is C17H27N3O3S. The molecule has 0 aromatic carbocycles. The van der Waals surface area contributed by atoms with Gasteiger partial charge in [-0.1, -0.05) is 0 Å². The predicted molar refractivity (Wildman–Crippen MR) is 93.5 cm³/mol. The maximum atomic E-state index is 12.5. The smallest absolute Gasteiger partial charge is 0.244 e. The van der Waals surface area contributed by atoms with Gasteiger partial charge in [-0.25, -0.2) is 13.4 Å². The summed E-state index contributed by atoms with van der Waals surface area (Å²) in [5, 5.41) is 3.39. The molecule has 6 nitrogen and oxygen atoms in total. The largest absolute Gasteiger partial charge is 0.367 e. The number of ether oxygens (including phenoxy) is 1. The van der Waals surface area contributed by atoms with Crippen molar-refractivity contribution in [1.29, 1.82) is 0 Å². The quantitative estimate of drug-likeness (QED) is 0.901. The summed E-state index contributed by atoms with van der Waals surface area (Å²) >= 11 is 0. The average Bonchev–Trinajstić information content (AvgIpc) is 3.06. The Balaban J connectivity index is 1.73. The summed E-state index contributed by atoms with van der Waals surface area (Å²) in [6, 6.07) is 3.50. The Morgan fingerprint density at radius 2 is 1.88 bits per heavy atom. The molecule has 3 heterocycles. The van der Waals surface area contributed by atoms with Crippen LogP contribution >= 0.6 is 0 Å². The van der Waals surface area contributed by atoms with Crippen LogP contribution in [0.5, 0.6) is 0 Å². The third kappa shape index (κ3) is 3.43. The fraction of sp³-hybridized carbons (Fsp3) is 0.706. The zero-order valence-corrected chi connectivity index (χ0v) is 15.7. The number of anilines is 1. The van der Waals surface area contributed by atoms with Crippen LogP contribution in [0, 0.1) is 0 Å². The molecule has 3 rings (SSSR count). The first kappa shape index (κ1) is 17.6. The van der Waals surface area contributed by atoms with Crippen molar-refractivity contribution in [2.45, 2.75) is 69.1 Å². The van der Waals surface area contributed by atoms with E-state index in [-0.39, 0.29) is 22.1 Å². The standard InChI is InChI=1S/C17H27N3O3S/c1-16(2)11-14(17(3,4)23-16)19-15-8-7-13(12-18-15)24(21,22)20-9-5-6-10-20/h7-8,12,14H,5-6,9-11H2,1-4H3,(H,18,19). The lowest BCUT2D eigenvalue weighted by Crippen LogP contribution is -2.38. The van der Waals surface area contributed by atoms with Crippen LogP contribution in [0.25, 0.3) is 0 Å². The summed E-state index contributed by atoms with van der Waals surface area (Å²) in [6.45, 7) is 9.48. The monoisotopic (exact) mass is 353 g/mol. The van der Waals surface area contributed by atoms with Gasteiger partial charge in [0.15, 0.2) is 0 Å². The molecular weight excluding hydrogens is 326 g/mol. The highest BCUT2D eigenvalue weighted by molar-refractivity contribution is 7.89. The first-order chi connectivity index (χ1) is 11.1. The molecule has 1 N–H and O–H groups in total. The third-order valence-corrected chi connectivity index (χ3v) is 6.72. The van der Waals surface area contributed by atoms with E-state index in [1.54, 1.807) is 12.1 Å². The zero-order valence-electron chi connectivity index (χ0n) is 14.9. The number of nitrogens with one attached hydrogen (secondary N) is 1. The SMILES string of the molecule is CC1(C)CC(Nc2ccc(S(=O)(=O)N3CCCC3)cn2)C(C)(C)O1. The van der Waals surface area contributed by atoms with E-state index in [2.05, 4.69) is 38.0 Å². The second kappa shape index (κ2) is 5.97. The number of hydrogen-bond donors (Lipinski definition) is 1. The van der Waals surface area contributed by atoms with Crippen molar-refractivity contribution in [3.8, 4) is 0 Å². The van der Waals surface area contributed by atoms with Crippen LogP contribution in [-0.4, -0.2) is 48.0 Å². The fourth-order valence-corrected chi connectivity index (χ4v) is 5.12. The Bertz CT molecular complexity index is 692. The van der Waals surface area contributed by atoms with Gasteiger partial charge in [0.25, 0.3) is 0 Å². The van der Waals surface area contributed by atoms with Crippen molar-refractivity contribution in [3.63, 3.8) is 0 Å². The number of sulfonamides is 1. The molecule has 24 heavy (non-hydrogen) atoms. The van der Waals surface area contributed by atoms with Crippen LogP contribution in [0.2, 0.25) is 0 Å². The van der Waals surface area contributed by atoms with Crippen LogP contribution in [0.3, 0.4) is 0 Å². The van der Waals surface area contributed by atoms with Gasteiger partial charge in [-0.2, -0.15) is 4.31 Å². The van der Waals surface area contributed by atoms with Crippen molar-refractivity contribution in [2.24, 2.45) is 0 Å². The fourth-order valence-electron chi connectivity index (χ4n) is 3.66. The maximum Gasteiger partial charge on any atom is 0.244 e. The Morgan fingerprint density at radius 3 is 2.38 bits per heavy atom. The normalized spacial score (nSPS) is 26.6. The highest BCUT2D eigenvalue weighted by Gasteiger charge is 2.46. The van der Waals surface area contributed by atoms with Crippen LogP contribution in [-0.2, 0) is 14.8 Å². The molecule has 2 aliphatic rings. The molecule has 0 amide bonds.